The third-order valence-corrected chi connectivity index (χ3v) is 4.26. The van der Waals surface area contributed by atoms with Gasteiger partial charge in [0.25, 0.3) is 0 Å². The molecular weight excluding hydrogens is 256 g/mol. The van der Waals surface area contributed by atoms with Crippen LogP contribution in [0.1, 0.15) is 44.3 Å². The van der Waals surface area contributed by atoms with Gasteiger partial charge in [0.1, 0.15) is 12.2 Å². The van der Waals surface area contributed by atoms with E-state index in [0.29, 0.717) is 6.42 Å². The topological polar surface area (TPSA) is 80.4 Å². The first-order valence-corrected chi connectivity index (χ1v) is 7.04. The SMILES string of the molecule is O=C(O)CC1(Cc2nnc3ccncn23)CCCCC1. The van der Waals surface area contributed by atoms with Crippen LogP contribution in [-0.4, -0.2) is 30.7 Å². The second-order valence-corrected chi connectivity index (χ2v) is 5.73. The lowest BCUT2D eigenvalue weighted by atomic mass is 9.69. The second-order valence-electron chi connectivity index (χ2n) is 5.73. The van der Waals surface area contributed by atoms with Crippen molar-refractivity contribution in [2.24, 2.45) is 5.41 Å². The molecule has 2 aromatic rings. The molecule has 3 rings (SSSR count). The minimum absolute atomic E-state index is 0.178. The number of nitrogens with zero attached hydrogens (tertiary/aromatic N) is 4. The van der Waals surface area contributed by atoms with Crippen LogP contribution in [0.5, 0.6) is 0 Å². The molecule has 0 atom stereocenters. The Hall–Kier alpha value is -1.98. The fourth-order valence-corrected chi connectivity index (χ4v) is 3.29. The van der Waals surface area contributed by atoms with Crippen LogP contribution in [0.2, 0.25) is 0 Å². The van der Waals surface area contributed by atoms with Gasteiger partial charge in [0.05, 0.1) is 6.42 Å². The number of fused-ring (bicyclic) bond motifs is 1. The average Bonchev–Trinajstić information content (AvgIpc) is 2.82. The summed E-state index contributed by atoms with van der Waals surface area (Å²) in [5, 5.41) is 17.6. The van der Waals surface area contributed by atoms with Gasteiger partial charge in [-0.2, -0.15) is 0 Å². The summed E-state index contributed by atoms with van der Waals surface area (Å²) in [6.07, 6.45) is 9.55. The van der Waals surface area contributed by atoms with Crippen LogP contribution >= 0.6 is 0 Å². The Balaban J connectivity index is 1.91. The molecule has 0 radical (unpaired) electrons. The molecule has 106 valence electrons. The first-order chi connectivity index (χ1) is 9.69. The zero-order chi connectivity index (χ0) is 14.0. The highest BCUT2D eigenvalue weighted by Gasteiger charge is 2.36. The molecule has 2 aromatic heterocycles. The predicted octanol–water partition coefficient (Wildman–Crippen LogP) is 2.09. The number of carbonyl (C=O) groups is 1. The van der Waals surface area contributed by atoms with Crippen molar-refractivity contribution in [3.8, 4) is 0 Å². The van der Waals surface area contributed by atoms with E-state index in [1.165, 1.54) is 6.42 Å². The van der Waals surface area contributed by atoms with Crippen molar-refractivity contribution in [2.45, 2.75) is 44.9 Å². The fourth-order valence-electron chi connectivity index (χ4n) is 3.29. The van der Waals surface area contributed by atoms with Crippen LogP contribution in [0.4, 0.5) is 0 Å². The average molecular weight is 274 g/mol. The summed E-state index contributed by atoms with van der Waals surface area (Å²) in [5.41, 5.74) is 0.583. The highest BCUT2D eigenvalue weighted by molar-refractivity contribution is 5.67. The standard InChI is InChI=1S/C14H18N4O2/c19-13(20)9-14(5-2-1-3-6-14)8-12-17-16-11-4-7-15-10-18(11)12/h4,7,10H,1-3,5-6,8-9H2,(H,19,20). The Labute approximate surface area is 116 Å². The van der Waals surface area contributed by atoms with Crippen molar-refractivity contribution in [1.29, 1.82) is 0 Å². The molecule has 1 N–H and O–H groups in total. The Morgan fingerprint density at radius 3 is 2.85 bits per heavy atom. The molecule has 0 aromatic carbocycles. The number of aromatic nitrogens is 4. The van der Waals surface area contributed by atoms with Crippen molar-refractivity contribution in [3.05, 3.63) is 24.4 Å². The third-order valence-electron chi connectivity index (χ3n) is 4.26. The molecule has 1 aliphatic carbocycles. The molecule has 1 saturated carbocycles. The number of aliphatic carboxylic acids is 1. The molecule has 20 heavy (non-hydrogen) atoms. The summed E-state index contributed by atoms with van der Waals surface area (Å²) < 4.78 is 1.86. The molecule has 0 spiro atoms. The van der Waals surface area contributed by atoms with Crippen LogP contribution < -0.4 is 0 Å². The molecule has 0 amide bonds. The second kappa shape index (κ2) is 5.19. The minimum Gasteiger partial charge on any atom is -0.481 e. The maximum atomic E-state index is 11.2. The lowest BCUT2D eigenvalue weighted by Gasteiger charge is -2.35. The first-order valence-electron chi connectivity index (χ1n) is 7.04. The number of hydrogen-bond donors (Lipinski definition) is 1. The quantitative estimate of drug-likeness (QED) is 0.923. The molecule has 6 nitrogen and oxygen atoms in total. The molecule has 0 aliphatic heterocycles. The Kier molecular flexibility index (Phi) is 3.38. The third kappa shape index (κ3) is 2.50. The van der Waals surface area contributed by atoms with Gasteiger partial charge >= 0.3 is 5.97 Å². The molecule has 1 fully saturated rings. The van der Waals surface area contributed by atoms with Gasteiger partial charge < -0.3 is 5.11 Å². The summed E-state index contributed by atoms with van der Waals surface area (Å²) in [7, 11) is 0. The molecule has 0 unspecified atom stereocenters. The number of carboxylic acid groups (broad SMARTS) is 1. The molecule has 1 aliphatic rings. The van der Waals surface area contributed by atoms with Gasteiger partial charge in [-0.25, -0.2) is 4.98 Å². The number of carboxylic acids is 1. The Morgan fingerprint density at radius 1 is 1.30 bits per heavy atom. The summed E-state index contributed by atoms with van der Waals surface area (Å²) in [5.74, 6) is 0.0927. The van der Waals surface area contributed by atoms with E-state index in [1.807, 2.05) is 4.40 Å². The van der Waals surface area contributed by atoms with Crippen molar-refractivity contribution >= 4 is 11.6 Å². The van der Waals surface area contributed by atoms with Crippen molar-refractivity contribution in [2.75, 3.05) is 0 Å². The van der Waals surface area contributed by atoms with Crippen LogP contribution in [-0.2, 0) is 11.2 Å². The maximum absolute atomic E-state index is 11.2. The highest BCUT2D eigenvalue weighted by atomic mass is 16.4. The zero-order valence-corrected chi connectivity index (χ0v) is 11.3. The van der Waals surface area contributed by atoms with E-state index in [-0.39, 0.29) is 11.8 Å². The first kappa shape index (κ1) is 13.0. The van der Waals surface area contributed by atoms with E-state index >= 15 is 0 Å². The fraction of sp³-hybridized carbons (Fsp3) is 0.571. The lowest BCUT2D eigenvalue weighted by molar-refractivity contribution is -0.140. The zero-order valence-electron chi connectivity index (χ0n) is 11.3. The monoisotopic (exact) mass is 274 g/mol. The van der Waals surface area contributed by atoms with E-state index < -0.39 is 5.97 Å². The summed E-state index contributed by atoms with van der Waals surface area (Å²) in [6, 6.07) is 1.81. The van der Waals surface area contributed by atoms with Crippen LogP contribution in [0.25, 0.3) is 5.65 Å². The van der Waals surface area contributed by atoms with E-state index in [4.69, 9.17) is 0 Å². The van der Waals surface area contributed by atoms with Gasteiger partial charge in [0.2, 0.25) is 0 Å². The number of hydrogen-bond acceptors (Lipinski definition) is 4. The van der Waals surface area contributed by atoms with E-state index in [9.17, 15) is 9.90 Å². The van der Waals surface area contributed by atoms with Crippen molar-refractivity contribution < 1.29 is 9.90 Å². The summed E-state index contributed by atoms with van der Waals surface area (Å²) >= 11 is 0. The van der Waals surface area contributed by atoms with Crippen LogP contribution in [0.15, 0.2) is 18.6 Å². The molecule has 0 saturated heterocycles. The summed E-state index contributed by atoms with van der Waals surface area (Å²) in [4.78, 5) is 15.3. The van der Waals surface area contributed by atoms with Crippen molar-refractivity contribution in [1.82, 2.24) is 19.6 Å². The highest BCUT2D eigenvalue weighted by Crippen LogP contribution is 2.41. The minimum atomic E-state index is -0.723. The Morgan fingerprint density at radius 2 is 2.10 bits per heavy atom. The number of rotatable bonds is 4. The van der Waals surface area contributed by atoms with Gasteiger partial charge in [-0.3, -0.25) is 9.20 Å². The van der Waals surface area contributed by atoms with Gasteiger partial charge in [-0.1, -0.05) is 19.3 Å². The van der Waals surface area contributed by atoms with Gasteiger partial charge in [-0.15, -0.1) is 10.2 Å². The molecule has 0 bridgehead atoms. The van der Waals surface area contributed by atoms with Gasteiger partial charge in [0, 0.05) is 18.7 Å². The maximum Gasteiger partial charge on any atom is 0.303 e. The smallest absolute Gasteiger partial charge is 0.303 e. The van der Waals surface area contributed by atoms with E-state index in [2.05, 4.69) is 15.2 Å². The van der Waals surface area contributed by atoms with E-state index in [1.54, 1.807) is 18.6 Å². The van der Waals surface area contributed by atoms with Crippen molar-refractivity contribution in [3.63, 3.8) is 0 Å². The van der Waals surface area contributed by atoms with Crippen LogP contribution in [0.3, 0.4) is 0 Å². The van der Waals surface area contributed by atoms with Crippen LogP contribution in [0, 0.1) is 5.41 Å². The lowest BCUT2D eigenvalue weighted by Crippen LogP contribution is -2.30. The van der Waals surface area contributed by atoms with Gasteiger partial charge in [0.15, 0.2) is 5.65 Å². The largest absolute Gasteiger partial charge is 0.481 e. The molecular formula is C14H18N4O2. The normalized spacial score (nSPS) is 18.2. The predicted molar refractivity (Wildman–Crippen MR) is 72.3 cm³/mol. The molecule has 6 heteroatoms. The summed E-state index contributed by atoms with van der Waals surface area (Å²) in [6.45, 7) is 0. The van der Waals surface area contributed by atoms with E-state index in [0.717, 1.165) is 37.2 Å². The Bertz CT molecular complexity index is 616. The van der Waals surface area contributed by atoms with Gasteiger partial charge in [-0.05, 0) is 18.3 Å². The molecule has 2 heterocycles.